The van der Waals surface area contributed by atoms with Crippen molar-refractivity contribution in [3.63, 3.8) is 0 Å². The van der Waals surface area contributed by atoms with E-state index in [9.17, 15) is 0 Å². The van der Waals surface area contributed by atoms with E-state index in [-0.39, 0.29) is 5.41 Å². The van der Waals surface area contributed by atoms with Crippen molar-refractivity contribution in [2.45, 2.75) is 26.7 Å². The number of rotatable bonds is 5. The van der Waals surface area contributed by atoms with E-state index in [0.29, 0.717) is 0 Å². The Morgan fingerprint density at radius 3 is 3.00 bits per heavy atom. The van der Waals surface area contributed by atoms with Gasteiger partial charge in [0.15, 0.2) is 0 Å². The summed E-state index contributed by atoms with van der Waals surface area (Å²) in [7, 11) is 0. The van der Waals surface area contributed by atoms with Crippen LogP contribution in [0.4, 0.5) is 5.69 Å². The van der Waals surface area contributed by atoms with Crippen molar-refractivity contribution in [3.05, 3.63) is 29.8 Å². The third-order valence-corrected chi connectivity index (χ3v) is 4.89. The Morgan fingerprint density at radius 1 is 1.38 bits per heavy atom. The first-order chi connectivity index (χ1) is 10.2. The number of nitrogens with one attached hydrogen (secondary N) is 1. The maximum atomic E-state index is 5.75. The topological polar surface area (TPSA) is 24.5 Å². The zero-order valence-corrected chi connectivity index (χ0v) is 13.4. The molecule has 2 atom stereocenters. The van der Waals surface area contributed by atoms with Crippen LogP contribution in [-0.2, 0) is 11.2 Å². The normalized spacial score (nSPS) is 28.7. The summed E-state index contributed by atoms with van der Waals surface area (Å²) in [5.74, 6) is 0.735. The van der Waals surface area contributed by atoms with E-state index in [1.165, 1.54) is 30.6 Å². The predicted octanol–water partition coefficient (Wildman–Crippen LogP) is 2.70. The van der Waals surface area contributed by atoms with Gasteiger partial charge in [-0.1, -0.05) is 32.0 Å². The number of nitrogens with zero attached hydrogens (tertiary/aromatic N) is 1. The summed E-state index contributed by atoms with van der Waals surface area (Å²) in [4.78, 5) is 2.61. The second-order valence-corrected chi connectivity index (χ2v) is 6.90. The lowest BCUT2D eigenvalue weighted by Gasteiger charge is -2.40. The molecule has 0 saturated carbocycles. The molecule has 3 heteroatoms. The molecule has 116 valence electrons. The first-order valence-electron chi connectivity index (χ1n) is 8.34. The molecule has 2 heterocycles. The molecule has 0 amide bonds. The zero-order chi connectivity index (χ0) is 14.7. The predicted molar refractivity (Wildman–Crippen MR) is 87.9 cm³/mol. The maximum absolute atomic E-state index is 5.75. The van der Waals surface area contributed by atoms with Gasteiger partial charge in [-0.25, -0.2) is 0 Å². The summed E-state index contributed by atoms with van der Waals surface area (Å²) in [6.07, 6.45) is 2.39. The maximum Gasteiger partial charge on any atom is 0.0552 e. The van der Waals surface area contributed by atoms with Crippen molar-refractivity contribution in [3.8, 4) is 0 Å². The van der Waals surface area contributed by atoms with E-state index in [1.807, 2.05) is 0 Å². The standard InChI is InChI=1S/C18H28N2O/c1-3-19-12-18(8-9-21-14-18)13-20-11-15(2)10-16-6-4-5-7-17(16)20/h4-7,15,19H,3,8-14H2,1-2H3. The fraction of sp³-hybridized carbons (Fsp3) is 0.667. The van der Waals surface area contributed by atoms with Gasteiger partial charge in [-0.15, -0.1) is 0 Å². The highest BCUT2D eigenvalue weighted by molar-refractivity contribution is 5.56. The van der Waals surface area contributed by atoms with Gasteiger partial charge in [0.25, 0.3) is 0 Å². The number of ether oxygens (including phenoxy) is 1. The summed E-state index contributed by atoms with van der Waals surface area (Å²) in [6.45, 7) is 10.7. The fourth-order valence-electron chi connectivity index (χ4n) is 3.82. The molecule has 3 nitrogen and oxygen atoms in total. The van der Waals surface area contributed by atoms with Crippen LogP contribution in [0, 0.1) is 11.3 Å². The summed E-state index contributed by atoms with van der Waals surface area (Å²) in [5.41, 5.74) is 3.23. The van der Waals surface area contributed by atoms with Crippen molar-refractivity contribution in [2.75, 3.05) is 44.3 Å². The molecule has 2 aliphatic rings. The number of hydrogen-bond acceptors (Lipinski definition) is 3. The van der Waals surface area contributed by atoms with Gasteiger partial charge in [-0.3, -0.25) is 0 Å². The molecule has 1 aromatic rings. The van der Waals surface area contributed by atoms with Gasteiger partial charge in [-0.05, 0) is 36.9 Å². The smallest absolute Gasteiger partial charge is 0.0552 e. The molecule has 2 aliphatic heterocycles. The lowest BCUT2D eigenvalue weighted by molar-refractivity contribution is 0.151. The second-order valence-electron chi connectivity index (χ2n) is 6.90. The molecular weight excluding hydrogens is 260 g/mol. The Kier molecular flexibility index (Phi) is 4.51. The average molecular weight is 288 g/mol. The molecule has 0 radical (unpaired) electrons. The van der Waals surface area contributed by atoms with E-state index in [4.69, 9.17) is 4.74 Å². The minimum absolute atomic E-state index is 0.278. The lowest BCUT2D eigenvalue weighted by Crippen LogP contribution is -2.47. The Bertz CT molecular complexity index is 468. The van der Waals surface area contributed by atoms with E-state index in [0.717, 1.165) is 38.8 Å². The van der Waals surface area contributed by atoms with E-state index >= 15 is 0 Å². The molecule has 21 heavy (non-hydrogen) atoms. The largest absolute Gasteiger partial charge is 0.381 e. The molecular formula is C18H28N2O. The highest BCUT2D eigenvalue weighted by atomic mass is 16.5. The molecule has 0 bridgehead atoms. The summed E-state index contributed by atoms with van der Waals surface area (Å²) in [6, 6.07) is 8.92. The molecule has 1 fully saturated rings. The Balaban J connectivity index is 1.79. The third kappa shape index (κ3) is 3.24. The summed E-state index contributed by atoms with van der Waals surface area (Å²) < 4.78 is 5.75. The van der Waals surface area contributed by atoms with Gasteiger partial charge in [-0.2, -0.15) is 0 Å². The average Bonchev–Trinajstić information content (AvgIpc) is 2.94. The molecule has 1 N–H and O–H groups in total. The van der Waals surface area contributed by atoms with Crippen LogP contribution in [-0.4, -0.2) is 39.4 Å². The number of hydrogen-bond donors (Lipinski definition) is 1. The van der Waals surface area contributed by atoms with Crippen LogP contribution in [0.5, 0.6) is 0 Å². The first kappa shape index (κ1) is 14.9. The first-order valence-corrected chi connectivity index (χ1v) is 8.34. The van der Waals surface area contributed by atoms with Crippen molar-refractivity contribution in [1.29, 1.82) is 0 Å². The number of fused-ring (bicyclic) bond motifs is 1. The minimum Gasteiger partial charge on any atom is -0.381 e. The number of anilines is 1. The van der Waals surface area contributed by atoms with Crippen LogP contribution in [0.1, 0.15) is 25.8 Å². The molecule has 0 spiro atoms. The van der Waals surface area contributed by atoms with Gasteiger partial charge in [0.2, 0.25) is 0 Å². The highest BCUT2D eigenvalue weighted by Gasteiger charge is 2.37. The quantitative estimate of drug-likeness (QED) is 0.901. The lowest BCUT2D eigenvalue weighted by atomic mass is 9.84. The molecule has 1 saturated heterocycles. The van der Waals surface area contributed by atoms with E-state index < -0.39 is 0 Å². The van der Waals surface area contributed by atoms with E-state index in [2.05, 4.69) is 48.3 Å². The Morgan fingerprint density at radius 2 is 2.24 bits per heavy atom. The van der Waals surface area contributed by atoms with Crippen LogP contribution in [0.3, 0.4) is 0 Å². The van der Waals surface area contributed by atoms with E-state index in [1.54, 1.807) is 0 Å². The Labute approximate surface area is 128 Å². The van der Waals surface area contributed by atoms with Crippen molar-refractivity contribution in [2.24, 2.45) is 11.3 Å². The number of benzene rings is 1. The zero-order valence-electron chi connectivity index (χ0n) is 13.4. The van der Waals surface area contributed by atoms with Gasteiger partial charge in [0, 0.05) is 37.3 Å². The summed E-state index contributed by atoms with van der Waals surface area (Å²) in [5, 5.41) is 3.55. The molecule has 3 rings (SSSR count). The van der Waals surface area contributed by atoms with Gasteiger partial charge in [0.05, 0.1) is 6.61 Å². The molecule has 2 unspecified atom stereocenters. The van der Waals surface area contributed by atoms with Crippen molar-refractivity contribution in [1.82, 2.24) is 5.32 Å². The number of para-hydroxylation sites is 1. The third-order valence-electron chi connectivity index (χ3n) is 4.89. The highest BCUT2D eigenvalue weighted by Crippen LogP contribution is 2.35. The summed E-state index contributed by atoms with van der Waals surface area (Å²) >= 11 is 0. The Hall–Kier alpha value is -1.06. The van der Waals surface area contributed by atoms with Crippen molar-refractivity contribution < 1.29 is 4.74 Å². The van der Waals surface area contributed by atoms with Crippen molar-refractivity contribution >= 4 is 5.69 Å². The van der Waals surface area contributed by atoms with Crippen LogP contribution in [0.15, 0.2) is 24.3 Å². The SMILES string of the molecule is CCNCC1(CN2CC(C)Cc3ccccc32)CCOC1. The monoisotopic (exact) mass is 288 g/mol. The van der Waals surface area contributed by atoms with Gasteiger partial charge < -0.3 is 15.0 Å². The van der Waals surface area contributed by atoms with Gasteiger partial charge in [0.1, 0.15) is 0 Å². The molecule has 0 aromatic heterocycles. The fourth-order valence-corrected chi connectivity index (χ4v) is 3.82. The molecule has 0 aliphatic carbocycles. The van der Waals surface area contributed by atoms with Crippen LogP contribution < -0.4 is 10.2 Å². The van der Waals surface area contributed by atoms with Crippen LogP contribution in [0.25, 0.3) is 0 Å². The van der Waals surface area contributed by atoms with Crippen LogP contribution >= 0.6 is 0 Å². The second kappa shape index (κ2) is 6.37. The van der Waals surface area contributed by atoms with Crippen LogP contribution in [0.2, 0.25) is 0 Å². The minimum atomic E-state index is 0.278. The van der Waals surface area contributed by atoms with Gasteiger partial charge >= 0.3 is 0 Å². The molecule has 1 aromatic carbocycles.